The summed E-state index contributed by atoms with van der Waals surface area (Å²) in [4.78, 5) is 26.8. The zero-order valence-electron chi connectivity index (χ0n) is 19.1. The molecule has 0 fully saturated rings. The number of ether oxygens (including phenoxy) is 1. The van der Waals surface area contributed by atoms with E-state index in [2.05, 4.69) is 5.32 Å². The van der Waals surface area contributed by atoms with Crippen LogP contribution < -0.4 is 9.62 Å². The van der Waals surface area contributed by atoms with Gasteiger partial charge >= 0.3 is 5.97 Å². The zero-order chi connectivity index (χ0) is 25.0. The molecule has 0 aliphatic heterocycles. The lowest BCUT2D eigenvalue weighted by Crippen LogP contribution is -2.38. The molecular formula is C25H25FN2O5S2. The maximum Gasteiger partial charge on any atom is 0.341 e. The Morgan fingerprint density at radius 2 is 1.74 bits per heavy atom. The number of sulfonamides is 1. The van der Waals surface area contributed by atoms with Crippen LogP contribution >= 0.6 is 11.3 Å². The summed E-state index contributed by atoms with van der Waals surface area (Å²) in [6.45, 7) is 1.21. The maximum absolute atomic E-state index is 14.7. The van der Waals surface area contributed by atoms with Crippen molar-refractivity contribution < 1.29 is 27.1 Å². The van der Waals surface area contributed by atoms with Gasteiger partial charge in [0, 0.05) is 4.88 Å². The molecule has 1 aromatic heterocycles. The highest BCUT2D eigenvalue weighted by Crippen LogP contribution is 2.38. The number of aryl methyl sites for hydroxylation is 1. The molecule has 1 amide bonds. The van der Waals surface area contributed by atoms with Gasteiger partial charge in [0.2, 0.25) is 5.91 Å². The van der Waals surface area contributed by atoms with Crippen molar-refractivity contribution in [1.82, 2.24) is 0 Å². The summed E-state index contributed by atoms with van der Waals surface area (Å²) in [6, 6.07) is 12.9. The van der Waals surface area contributed by atoms with E-state index in [1.165, 1.54) is 41.7 Å². The molecule has 1 aliphatic rings. The highest BCUT2D eigenvalue weighted by atomic mass is 32.2. The Hall–Kier alpha value is -3.24. The number of carbonyl (C=O) groups excluding carboxylic acids is 2. The molecular weight excluding hydrogens is 491 g/mol. The lowest BCUT2D eigenvalue weighted by Gasteiger charge is -2.24. The molecule has 184 valence electrons. The number of amides is 1. The summed E-state index contributed by atoms with van der Waals surface area (Å²) >= 11 is 1.30. The topological polar surface area (TPSA) is 92.8 Å². The number of fused-ring (bicyclic) bond motifs is 1. The predicted molar refractivity (Wildman–Crippen MR) is 133 cm³/mol. The second kappa shape index (κ2) is 10.6. The van der Waals surface area contributed by atoms with Crippen LogP contribution in [0.5, 0.6) is 0 Å². The van der Waals surface area contributed by atoms with Crippen molar-refractivity contribution in [2.75, 3.05) is 22.8 Å². The average molecular weight is 517 g/mol. The van der Waals surface area contributed by atoms with Gasteiger partial charge < -0.3 is 10.1 Å². The van der Waals surface area contributed by atoms with Crippen LogP contribution in [0.1, 0.15) is 40.6 Å². The summed E-state index contributed by atoms with van der Waals surface area (Å²) in [5.74, 6) is -2.00. The molecule has 2 aromatic carbocycles. The van der Waals surface area contributed by atoms with Gasteiger partial charge in [0.05, 0.1) is 22.8 Å². The monoisotopic (exact) mass is 516 g/mol. The van der Waals surface area contributed by atoms with Gasteiger partial charge in [-0.15, -0.1) is 11.3 Å². The van der Waals surface area contributed by atoms with Gasteiger partial charge in [-0.3, -0.25) is 9.10 Å². The van der Waals surface area contributed by atoms with Crippen LogP contribution in [0.4, 0.5) is 15.1 Å². The Morgan fingerprint density at radius 1 is 1.06 bits per heavy atom. The molecule has 0 spiro atoms. The van der Waals surface area contributed by atoms with Gasteiger partial charge in [-0.25, -0.2) is 17.6 Å². The quantitative estimate of drug-likeness (QED) is 0.435. The molecule has 1 heterocycles. The number of esters is 1. The average Bonchev–Trinajstić information content (AvgIpc) is 3.21. The first-order valence-corrected chi connectivity index (χ1v) is 13.5. The van der Waals surface area contributed by atoms with Crippen molar-refractivity contribution in [3.05, 3.63) is 76.4 Å². The molecule has 0 bridgehead atoms. The number of hydrogen-bond donors (Lipinski definition) is 1. The largest absolute Gasteiger partial charge is 0.462 e. The van der Waals surface area contributed by atoms with E-state index >= 15 is 0 Å². The minimum Gasteiger partial charge on any atom is -0.462 e. The van der Waals surface area contributed by atoms with Crippen LogP contribution in [0.15, 0.2) is 59.5 Å². The smallest absolute Gasteiger partial charge is 0.341 e. The van der Waals surface area contributed by atoms with E-state index in [4.69, 9.17) is 4.74 Å². The molecule has 0 atom stereocenters. The fourth-order valence-electron chi connectivity index (χ4n) is 4.04. The van der Waals surface area contributed by atoms with Gasteiger partial charge in [0.15, 0.2) is 0 Å². The molecule has 1 N–H and O–H groups in total. The normalized spacial score (nSPS) is 13.1. The fourth-order valence-corrected chi connectivity index (χ4v) is 6.79. The minimum atomic E-state index is -4.26. The summed E-state index contributed by atoms with van der Waals surface area (Å²) < 4.78 is 47.4. The van der Waals surface area contributed by atoms with Crippen molar-refractivity contribution in [2.45, 2.75) is 37.5 Å². The predicted octanol–water partition coefficient (Wildman–Crippen LogP) is 4.78. The van der Waals surface area contributed by atoms with Crippen molar-refractivity contribution >= 4 is 43.9 Å². The number of hydrogen-bond acceptors (Lipinski definition) is 6. The Labute approximate surface area is 207 Å². The number of rotatable bonds is 8. The standard InChI is InChI=1S/C25H25FN2O5S2/c1-2-33-25(30)23-18-12-6-9-15-21(18)34-24(23)27-22(29)16-28(20-14-8-7-13-19(20)26)35(31,32)17-10-4-3-5-11-17/h3-5,7-8,10-11,13-14H,2,6,9,12,15-16H2,1H3,(H,27,29). The van der Waals surface area contributed by atoms with Crippen LogP contribution in [0.3, 0.4) is 0 Å². The summed E-state index contributed by atoms with van der Waals surface area (Å²) in [5, 5.41) is 3.03. The summed E-state index contributed by atoms with van der Waals surface area (Å²) in [6.07, 6.45) is 3.42. The Balaban J connectivity index is 1.68. The number of anilines is 2. The van der Waals surface area contributed by atoms with Crippen molar-refractivity contribution in [3.8, 4) is 0 Å². The number of benzene rings is 2. The molecule has 10 heteroatoms. The van der Waals surface area contributed by atoms with Gasteiger partial charge in [-0.2, -0.15) is 0 Å². The van der Waals surface area contributed by atoms with Crippen LogP contribution in [0.25, 0.3) is 0 Å². The van der Waals surface area contributed by atoms with E-state index in [9.17, 15) is 22.4 Å². The number of thiophene rings is 1. The second-order valence-corrected chi connectivity index (χ2v) is 10.9. The molecule has 0 saturated heterocycles. The van der Waals surface area contributed by atoms with Crippen molar-refractivity contribution in [2.24, 2.45) is 0 Å². The third kappa shape index (κ3) is 5.23. The maximum atomic E-state index is 14.7. The van der Waals surface area contributed by atoms with Crippen LogP contribution in [-0.4, -0.2) is 33.4 Å². The van der Waals surface area contributed by atoms with Gasteiger partial charge in [-0.05, 0) is 62.4 Å². The van der Waals surface area contributed by atoms with Gasteiger partial charge in [0.1, 0.15) is 17.4 Å². The van der Waals surface area contributed by atoms with E-state index in [1.807, 2.05) is 0 Å². The minimum absolute atomic E-state index is 0.0742. The van der Waals surface area contributed by atoms with Gasteiger partial charge in [0.25, 0.3) is 10.0 Å². The molecule has 0 saturated carbocycles. The first-order chi connectivity index (χ1) is 16.8. The Bertz CT molecular complexity index is 1340. The SMILES string of the molecule is CCOC(=O)c1c(NC(=O)CN(c2ccccc2F)S(=O)(=O)c2ccccc2)sc2c1CCCC2. The van der Waals surface area contributed by atoms with Crippen LogP contribution in [0.2, 0.25) is 0 Å². The van der Waals surface area contributed by atoms with E-state index in [0.717, 1.165) is 40.1 Å². The Kier molecular flexibility index (Phi) is 7.51. The third-order valence-corrected chi connectivity index (χ3v) is 8.62. The number of halogens is 1. The molecule has 0 radical (unpaired) electrons. The number of nitrogens with one attached hydrogen (secondary N) is 1. The number of nitrogens with zero attached hydrogens (tertiary/aromatic N) is 1. The lowest BCUT2D eigenvalue weighted by atomic mass is 9.95. The molecule has 1 aliphatic carbocycles. The molecule has 35 heavy (non-hydrogen) atoms. The first kappa shape index (κ1) is 24.9. The third-order valence-electron chi connectivity index (χ3n) is 5.64. The first-order valence-electron chi connectivity index (χ1n) is 11.3. The zero-order valence-corrected chi connectivity index (χ0v) is 20.8. The van der Waals surface area contributed by atoms with Crippen molar-refractivity contribution in [1.29, 1.82) is 0 Å². The molecule has 0 unspecified atom stereocenters. The number of carbonyl (C=O) groups is 2. The summed E-state index contributed by atoms with van der Waals surface area (Å²) in [5.41, 5.74) is 0.948. The molecule has 4 rings (SSSR count). The van der Waals surface area contributed by atoms with Crippen LogP contribution in [0, 0.1) is 5.82 Å². The summed E-state index contributed by atoms with van der Waals surface area (Å²) in [7, 11) is -4.26. The lowest BCUT2D eigenvalue weighted by molar-refractivity contribution is -0.114. The second-order valence-electron chi connectivity index (χ2n) is 7.96. The molecule has 7 nitrogen and oxygen atoms in total. The van der Waals surface area contributed by atoms with E-state index < -0.39 is 34.3 Å². The highest BCUT2D eigenvalue weighted by Gasteiger charge is 2.31. The van der Waals surface area contributed by atoms with E-state index in [1.54, 1.807) is 25.1 Å². The number of para-hydroxylation sites is 1. The van der Waals surface area contributed by atoms with E-state index in [0.29, 0.717) is 17.0 Å². The molecule has 3 aromatic rings. The fraction of sp³-hybridized carbons (Fsp3) is 0.280. The highest BCUT2D eigenvalue weighted by molar-refractivity contribution is 7.92. The van der Waals surface area contributed by atoms with Gasteiger partial charge in [-0.1, -0.05) is 30.3 Å². The van der Waals surface area contributed by atoms with Crippen LogP contribution in [-0.2, 0) is 32.4 Å². The Morgan fingerprint density at radius 3 is 2.46 bits per heavy atom. The van der Waals surface area contributed by atoms with E-state index in [-0.39, 0.29) is 17.2 Å². The van der Waals surface area contributed by atoms with Crippen molar-refractivity contribution in [3.63, 3.8) is 0 Å².